The fourth-order valence-corrected chi connectivity index (χ4v) is 2.55. The van der Waals surface area contributed by atoms with Crippen molar-refractivity contribution in [3.05, 3.63) is 28.0 Å². The Morgan fingerprint density at radius 3 is 2.82 bits per heavy atom. The molecule has 3 nitrogen and oxygen atoms in total. The predicted molar refractivity (Wildman–Crippen MR) is 68.9 cm³/mol. The molecule has 0 spiro atoms. The van der Waals surface area contributed by atoms with Crippen LogP contribution in [0.3, 0.4) is 0 Å². The van der Waals surface area contributed by atoms with E-state index in [1.54, 1.807) is 6.07 Å². The molecule has 1 saturated heterocycles. The molecule has 2 unspecified atom stereocenters. The van der Waals surface area contributed by atoms with E-state index in [1.165, 1.54) is 0 Å². The molecule has 0 amide bonds. The van der Waals surface area contributed by atoms with Crippen molar-refractivity contribution in [2.24, 2.45) is 0 Å². The van der Waals surface area contributed by atoms with Gasteiger partial charge in [0.25, 0.3) is 0 Å². The summed E-state index contributed by atoms with van der Waals surface area (Å²) in [6.45, 7) is 2.80. The molecule has 0 radical (unpaired) electrons. The molecular formula is C12H12Cl2N2O. The Balaban J connectivity index is 2.02. The molecule has 2 atom stereocenters. The second-order valence-corrected chi connectivity index (χ2v) is 5.30. The Labute approximate surface area is 109 Å². The number of halogens is 2. The molecular weight excluding hydrogens is 259 g/mol. The maximum absolute atomic E-state index is 5.98. The minimum absolute atomic E-state index is 0.306. The first-order valence-electron chi connectivity index (χ1n) is 5.60. The third-order valence-corrected chi connectivity index (χ3v) is 3.85. The van der Waals surface area contributed by atoms with E-state index in [9.17, 15) is 0 Å². The lowest BCUT2D eigenvalue weighted by Crippen LogP contribution is -1.99. The van der Waals surface area contributed by atoms with Crippen molar-refractivity contribution in [1.82, 2.24) is 9.97 Å². The predicted octanol–water partition coefficient (Wildman–Crippen LogP) is 3.76. The number of ether oxygens (including phenoxy) is 1. The second kappa shape index (κ2) is 4.16. The number of nitrogens with one attached hydrogen (secondary N) is 1. The van der Waals surface area contributed by atoms with Crippen LogP contribution in [-0.2, 0) is 4.74 Å². The van der Waals surface area contributed by atoms with Crippen LogP contribution >= 0.6 is 23.2 Å². The van der Waals surface area contributed by atoms with Gasteiger partial charge in [0.1, 0.15) is 5.82 Å². The summed E-state index contributed by atoms with van der Waals surface area (Å²) in [6, 6.07) is 3.60. The van der Waals surface area contributed by atoms with Gasteiger partial charge in [-0.25, -0.2) is 4.98 Å². The first kappa shape index (κ1) is 11.3. The lowest BCUT2D eigenvalue weighted by Gasteiger charge is -2.01. The number of hydrogen-bond donors (Lipinski definition) is 1. The molecule has 90 valence electrons. The average molecular weight is 271 g/mol. The Kier molecular flexibility index (Phi) is 2.77. The van der Waals surface area contributed by atoms with Crippen LogP contribution in [0.5, 0.6) is 0 Å². The highest BCUT2D eigenvalue weighted by atomic mass is 35.5. The van der Waals surface area contributed by atoms with Crippen LogP contribution in [0, 0.1) is 0 Å². The van der Waals surface area contributed by atoms with E-state index in [4.69, 9.17) is 27.9 Å². The van der Waals surface area contributed by atoms with E-state index in [0.29, 0.717) is 22.1 Å². The number of H-pyrrole nitrogens is 1. The fourth-order valence-electron chi connectivity index (χ4n) is 2.23. The molecule has 3 rings (SSSR count). The number of imidazole rings is 1. The number of benzene rings is 1. The minimum Gasteiger partial charge on any atom is -0.378 e. The van der Waals surface area contributed by atoms with E-state index >= 15 is 0 Å². The maximum Gasteiger partial charge on any atom is 0.112 e. The highest BCUT2D eigenvalue weighted by molar-refractivity contribution is 6.42. The molecule has 17 heavy (non-hydrogen) atoms. The van der Waals surface area contributed by atoms with E-state index < -0.39 is 0 Å². The number of aromatic amines is 1. The van der Waals surface area contributed by atoms with Crippen molar-refractivity contribution < 1.29 is 4.74 Å². The van der Waals surface area contributed by atoms with Gasteiger partial charge < -0.3 is 9.72 Å². The summed E-state index contributed by atoms with van der Waals surface area (Å²) in [6.07, 6.45) is 1.31. The van der Waals surface area contributed by atoms with Crippen LogP contribution in [0.1, 0.15) is 25.1 Å². The number of nitrogens with zero attached hydrogens (tertiary/aromatic N) is 1. The van der Waals surface area contributed by atoms with Crippen molar-refractivity contribution in [3.63, 3.8) is 0 Å². The number of fused-ring (bicyclic) bond motifs is 1. The maximum atomic E-state index is 5.98. The fraction of sp³-hybridized carbons (Fsp3) is 0.417. The summed E-state index contributed by atoms with van der Waals surface area (Å²) in [4.78, 5) is 7.84. The van der Waals surface area contributed by atoms with Gasteiger partial charge in [0.05, 0.1) is 33.8 Å². The molecule has 1 fully saturated rings. The van der Waals surface area contributed by atoms with Crippen LogP contribution in [0.4, 0.5) is 0 Å². The third kappa shape index (κ3) is 2.03. The quantitative estimate of drug-likeness (QED) is 0.857. The van der Waals surface area contributed by atoms with Crippen LogP contribution in [0.15, 0.2) is 12.1 Å². The van der Waals surface area contributed by atoms with Gasteiger partial charge in [0.15, 0.2) is 0 Å². The number of hydrogen-bond acceptors (Lipinski definition) is 2. The normalized spacial score (nSPS) is 24.6. The highest BCUT2D eigenvalue weighted by Gasteiger charge is 2.26. The monoisotopic (exact) mass is 270 g/mol. The molecule has 1 aromatic heterocycles. The Hall–Kier alpha value is -0.770. The first-order valence-corrected chi connectivity index (χ1v) is 6.35. The molecule has 1 N–H and O–H groups in total. The molecule has 1 aromatic carbocycles. The smallest absolute Gasteiger partial charge is 0.112 e. The Bertz CT molecular complexity index is 528. The van der Waals surface area contributed by atoms with Gasteiger partial charge in [-0.3, -0.25) is 0 Å². The summed E-state index contributed by atoms with van der Waals surface area (Å²) < 4.78 is 5.55. The average Bonchev–Trinajstić information content (AvgIpc) is 2.85. The molecule has 2 aromatic rings. The highest BCUT2D eigenvalue weighted by Crippen LogP contribution is 2.31. The van der Waals surface area contributed by atoms with Crippen molar-refractivity contribution in [2.45, 2.75) is 25.4 Å². The van der Waals surface area contributed by atoms with Crippen LogP contribution < -0.4 is 0 Å². The van der Waals surface area contributed by atoms with Crippen molar-refractivity contribution in [3.8, 4) is 0 Å². The zero-order chi connectivity index (χ0) is 12.0. The van der Waals surface area contributed by atoms with E-state index in [1.807, 2.05) is 6.07 Å². The molecule has 1 aliphatic heterocycles. The topological polar surface area (TPSA) is 37.9 Å². The lowest BCUT2D eigenvalue weighted by atomic mass is 10.1. The summed E-state index contributed by atoms with van der Waals surface area (Å²) in [5.74, 6) is 1.30. The van der Waals surface area contributed by atoms with Gasteiger partial charge in [0, 0.05) is 5.92 Å². The molecule has 5 heteroatoms. The van der Waals surface area contributed by atoms with Gasteiger partial charge in [-0.15, -0.1) is 0 Å². The minimum atomic E-state index is 0.306. The molecule has 2 heterocycles. The van der Waals surface area contributed by atoms with Crippen molar-refractivity contribution >= 4 is 34.2 Å². The van der Waals surface area contributed by atoms with Gasteiger partial charge in [-0.2, -0.15) is 0 Å². The summed E-state index contributed by atoms with van der Waals surface area (Å²) in [5, 5.41) is 1.08. The van der Waals surface area contributed by atoms with Crippen LogP contribution in [-0.4, -0.2) is 22.7 Å². The molecule has 0 saturated carbocycles. The number of rotatable bonds is 1. The SMILES string of the molecule is CC1CC(c2nc3cc(Cl)c(Cl)cc3[nH]2)CO1. The lowest BCUT2D eigenvalue weighted by molar-refractivity contribution is 0.123. The largest absolute Gasteiger partial charge is 0.378 e. The zero-order valence-electron chi connectivity index (χ0n) is 9.34. The second-order valence-electron chi connectivity index (χ2n) is 4.48. The Morgan fingerprint density at radius 1 is 1.35 bits per heavy atom. The molecule has 1 aliphatic rings. The number of aromatic nitrogens is 2. The van der Waals surface area contributed by atoms with Gasteiger partial charge in [-0.05, 0) is 25.5 Å². The molecule has 0 bridgehead atoms. The van der Waals surface area contributed by atoms with Crippen LogP contribution in [0.25, 0.3) is 11.0 Å². The summed E-state index contributed by atoms with van der Waals surface area (Å²) in [5.41, 5.74) is 1.78. The summed E-state index contributed by atoms with van der Waals surface area (Å²) >= 11 is 11.9. The van der Waals surface area contributed by atoms with E-state index in [-0.39, 0.29) is 0 Å². The molecule has 0 aliphatic carbocycles. The van der Waals surface area contributed by atoms with E-state index in [2.05, 4.69) is 16.9 Å². The summed E-state index contributed by atoms with van der Waals surface area (Å²) in [7, 11) is 0. The third-order valence-electron chi connectivity index (χ3n) is 3.13. The Morgan fingerprint density at radius 2 is 2.12 bits per heavy atom. The van der Waals surface area contributed by atoms with Gasteiger partial charge in [-0.1, -0.05) is 23.2 Å². The van der Waals surface area contributed by atoms with Crippen molar-refractivity contribution in [1.29, 1.82) is 0 Å². The zero-order valence-corrected chi connectivity index (χ0v) is 10.8. The first-order chi connectivity index (χ1) is 8.13. The van der Waals surface area contributed by atoms with Crippen LogP contribution in [0.2, 0.25) is 10.0 Å². The van der Waals surface area contributed by atoms with Gasteiger partial charge >= 0.3 is 0 Å². The van der Waals surface area contributed by atoms with Gasteiger partial charge in [0.2, 0.25) is 0 Å². The van der Waals surface area contributed by atoms with Crippen molar-refractivity contribution in [2.75, 3.05) is 6.61 Å². The van der Waals surface area contributed by atoms with E-state index in [0.717, 1.165) is 29.9 Å². The standard InChI is InChI=1S/C12H12Cl2N2O/c1-6-2-7(5-17-6)12-15-10-3-8(13)9(14)4-11(10)16-12/h3-4,6-7H,2,5H2,1H3,(H,15,16).